The summed E-state index contributed by atoms with van der Waals surface area (Å²) in [5.74, 6) is -0.330. The summed E-state index contributed by atoms with van der Waals surface area (Å²) >= 11 is 0. The molecule has 0 radical (unpaired) electrons. The molecule has 1 saturated heterocycles. The number of aliphatic hydroxyl groups excluding tert-OH is 1. The molecule has 1 aromatic carbocycles. The second-order valence-electron chi connectivity index (χ2n) is 9.12. The zero-order valence-corrected chi connectivity index (χ0v) is 19.8. The van der Waals surface area contributed by atoms with Crippen LogP contribution in [0.2, 0.25) is 0 Å². The van der Waals surface area contributed by atoms with Gasteiger partial charge >= 0.3 is 5.97 Å². The molecular weight excluding hydrogens is 436 g/mol. The number of aryl methyl sites for hydroxylation is 2. The lowest BCUT2D eigenvalue weighted by Crippen LogP contribution is -2.44. The minimum absolute atomic E-state index is 0.0403. The molecule has 0 saturated carbocycles. The van der Waals surface area contributed by atoms with Crippen LogP contribution in [0.1, 0.15) is 37.3 Å². The van der Waals surface area contributed by atoms with Gasteiger partial charge in [0.15, 0.2) is 0 Å². The van der Waals surface area contributed by atoms with Crippen molar-refractivity contribution in [1.82, 2.24) is 19.4 Å². The van der Waals surface area contributed by atoms with Crippen LogP contribution in [-0.4, -0.2) is 55.2 Å². The fourth-order valence-corrected chi connectivity index (χ4v) is 4.53. The topological polar surface area (TPSA) is 119 Å². The number of carbonyl (C=O) groups is 1. The zero-order chi connectivity index (χ0) is 24.4. The van der Waals surface area contributed by atoms with E-state index >= 15 is 0 Å². The SMILES string of the molecule is Cc1cc(-c2nc3ccc(CNC(C(=O)O)[C@@H](C)O)cc3n2CC2CCCCO2)cn(C)c1=O. The van der Waals surface area contributed by atoms with E-state index in [1.807, 2.05) is 24.3 Å². The van der Waals surface area contributed by atoms with Crippen LogP contribution in [0.5, 0.6) is 0 Å². The van der Waals surface area contributed by atoms with Crippen LogP contribution in [0.25, 0.3) is 22.4 Å². The normalized spacial score (nSPS) is 18.2. The Bertz CT molecular complexity index is 1210. The summed E-state index contributed by atoms with van der Waals surface area (Å²) in [6, 6.07) is 6.63. The van der Waals surface area contributed by atoms with E-state index in [-0.39, 0.29) is 18.2 Å². The fraction of sp³-hybridized carbons (Fsp3) is 0.480. The molecule has 1 aliphatic heterocycles. The second-order valence-corrected chi connectivity index (χ2v) is 9.12. The first-order valence-corrected chi connectivity index (χ1v) is 11.7. The second kappa shape index (κ2) is 10.1. The molecular formula is C25H32N4O5. The van der Waals surface area contributed by atoms with Crippen LogP contribution in [0.3, 0.4) is 0 Å². The number of ether oxygens (including phenoxy) is 1. The van der Waals surface area contributed by atoms with Gasteiger partial charge in [-0.15, -0.1) is 0 Å². The Morgan fingerprint density at radius 1 is 1.32 bits per heavy atom. The van der Waals surface area contributed by atoms with Crippen molar-refractivity contribution in [3.63, 3.8) is 0 Å². The molecule has 1 fully saturated rings. The molecule has 3 heterocycles. The molecule has 3 aromatic rings. The smallest absolute Gasteiger partial charge is 0.323 e. The molecule has 0 aliphatic carbocycles. The highest BCUT2D eigenvalue weighted by atomic mass is 16.5. The number of aliphatic hydroxyl groups is 1. The van der Waals surface area contributed by atoms with Gasteiger partial charge < -0.3 is 24.1 Å². The molecule has 9 heteroatoms. The predicted molar refractivity (Wildman–Crippen MR) is 129 cm³/mol. The third-order valence-electron chi connectivity index (χ3n) is 6.37. The maximum atomic E-state index is 12.2. The molecule has 3 atom stereocenters. The molecule has 1 aliphatic rings. The van der Waals surface area contributed by atoms with E-state index < -0.39 is 18.1 Å². The summed E-state index contributed by atoms with van der Waals surface area (Å²) in [5, 5.41) is 22.0. The number of nitrogens with one attached hydrogen (secondary N) is 1. The van der Waals surface area contributed by atoms with Gasteiger partial charge in [-0.2, -0.15) is 0 Å². The Hall–Kier alpha value is -3.01. The fourth-order valence-electron chi connectivity index (χ4n) is 4.53. The van der Waals surface area contributed by atoms with Crippen LogP contribution < -0.4 is 10.9 Å². The van der Waals surface area contributed by atoms with Crippen molar-refractivity contribution in [3.05, 3.63) is 51.9 Å². The lowest BCUT2D eigenvalue weighted by molar-refractivity contribution is -0.142. The molecule has 0 spiro atoms. The Balaban J connectivity index is 1.75. The number of nitrogens with zero attached hydrogens (tertiary/aromatic N) is 3. The highest BCUT2D eigenvalue weighted by molar-refractivity contribution is 5.81. The minimum atomic E-state index is -1.09. The molecule has 34 heavy (non-hydrogen) atoms. The van der Waals surface area contributed by atoms with Crippen LogP contribution in [-0.2, 0) is 29.7 Å². The van der Waals surface area contributed by atoms with Gasteiger partial charge in [0.25, 0.3) is 5.56 Å². The quantitative estimate of drug-likeness (QED) is 0.464. The zero-order valence-electron chi connectivity index (χ0n) is 19.8. The van der Waals surface area contributed by atoms with Crippen molar-refractivity contribution in [2.45, 2.75) is 64.4 Å². The standard InChI is InChI=1S/C25H32N4O5/c1-15-10-18(13-28(3)24(15)31)23-27-20-8-7-17(12-26-22(16(2)30)25(32)33)11-21(20)29(23)14-19-6-4-5-9-34-19/h7-8,10-11,13,16,19,22,26,30H,4-6,9,12,14H2,1-3H3,(H,32,33)/t16-,19?,22?/m1/s1. The molecule has 182 valence electrons. The molecule has 4 rings (SSSR count). The molecule has 0 bridgehead atoms. The molecule has 9 nitrogen and oxygen atoms in total. The van der Waals surface area contributed by atoms with Crippen LogP contribution in [0, 0.1) is 6.92 Å². The first-order valence-electron chi connectivity index (χ1n) is 11.7. The molecule has 3 N–H and O–H groups in total. The minimum Gasteiger partial charge on any atom is -0.480 e. The number of hydrogen-bond acceptors (Lipinski definition) is 6. The van der Waals surface area contributed by atoms with Crippen molar-refractivity contribution >= 4 is 17.0 Å². The summed E-state index contributed by atoms with van der Waals surface area (Å²) in [6.45, 7) is 4.92. The Morgan fingerprint density at radius 2 is 2.12 bits per heavy atom. The van der Waals surface area contributed by atoms with E-state index in [4.69, 9.17) is 9.72 Å². The van der Waals surface area contributed by atoms with Crippen LogP contribution in [0.4, 0.5) is 0 Å². The number of carboxylic acids is 1. The van der Waals surface area contributed by atoms with Gasteiger partial charge in [-0.1, -0.05) is 6.07 Å². The summed E-state index contributed by atoms with van der Waals surface area (Å²) in [7, 11) is 1.74. The first kappa shape index (κ1) is 24.1. The number of aromatic nitrogens is 3. The third-order valence-corrected chi connectivity index (χ3v) is 6.37. The molecule has 2 aromatic heterocycles. The Labute approximate surface area is 198 Å². The number of carboxylic acid groups (broad SMARTS) is 1. The van der Waals surface area contributed by atoms with Gasteiger partial charge in [0.1, 0.15) is 11.9 Å². The monoisotopic (exact) mass is 468 g/mol. The van der Waals surface area contributed by atoms with Gasteiger partial charge in [0.05, 0.1) is 29.8 Å². The van der Waals surface area contributed by atoms with E-state index in [0.29, 0.717) is 12.1 Å². The van der Waals surface area contributed by atoms with Gasteiger partial charge in [-0.05, 0) is 56.9 Å². The van der Waals surface area contributed by atoms with Crippen LogP contribution >= 0.6 is 0 Å². The predicted octanol–water partition coefficient (Wildman–Crippen LogP) is 2.20. The van der Waals surface area contributed by atoms with Gasteiger partial charge in [-0.3, -0.25) is 14.9 Å². The van der Waals surface area contributed by atoms with Crippen molar-refractivity contribution in [2.75, 3.05) is 6.61 Å². The number of pyridine rings is 1. The van der Waals surface area contributed by atoms with E-state index in [2.05, 4.69) is 9.88 Å². The van der Waals surface area contributed by atoms with Gasteiger partial charge in [0.2, 0.25) is 0 Å². The van der Waals surface area contributed by atoms with Gasteiger partial charge in [0, 0.05) is 37.5 Å². The number of benzene rings is 1. The first-order chi connectivity index (χ1) is 16.2. The van der Waals surface area contributed by atoms with Crippen molar-refractivity contribution < 1.29 is 19.7 Å². The van der Waals surface area contributed by atoms with E-state index in [0.717, 1.165) is 53.9 Å². The average Bonchev–Trinajstić information content (AvgIpc) is 3.15. The average molecular weight is 469 g/mol. The largest absolute Gasteiger partial charge is 0.480 e. The maximum Gasteiger partial charge on any atom is 0.323 e. The van der Waals surface area contributed by atoms with Crippen LogP contribution in [0.15, 0.2) is 35.3 Å². The summed E-state index contributed by atoms with van der Waals surface area (Å²) < 4.78 is 9.72. The lowest BCUT2D eigenvalue weighted by Gasteiger charge is -2.24. The van der Waals surface area contributed by atoms with Gasteiger partial charge in [-0.25, -0.2) is 4.98 Å². The van der Waals surface area contributed by atoms with E-state index in [1.54, 1.807) is 24.7 Å². The summed E-state index contributed by atoms with van der Waals surface area (Å²) in [5.41, 5.74) is 4.07. The summed E-state index contributed by atoms with van der Waals surface area (Å²) in [6.07, 6.45) is 4.02. The number of aliphatic carboxylic acids is 1. The number of hydrogen-bond donors (Lipinski definition) is 3. The highest BCUT2D eigenvalue weighted by Crippen LogP contribution is 2.28. The molecule has 0 amide bonds. The lowest BCUT2D eigenvalue weighted by atomic mass is 10.1. The summed E-state index contributed by atoms with van der Waals surface area (Å²) in [4.78, 5) is 28.5. The van der Waals surface area contributed by atoms with Crippen molar-refractivity contribution in [1.29, 1.82) is 0 Å². The molecule has 2 unspecified atom stereocenters. The third kappa shape index (κ3) is 5.06. The number of fused-ring (bicyclic) bond motifs is 1. The maximum absolute atomic E-state index is 12.2. The van der Waals surface area contributed by atoms with Crippen molar-refractivity contribution in [2.24, 2.45) is 7.05 Å². The Kier molecular flexibility index (Phi) is 7.16. The van der Waals surface area contributed by atoms with E-state index in [9.17, 15) is 19.8 Å². The van der Waals surface area contributed by atoms with E-state index in [1.165, 1.54) is 6.92 Å². The van der Waals surface area contributed by atoms with Crippen molar-refractivity contribution in [3.8, 4) is 11.4 Å². The Morgan fingerprint density at radius 3 is 2.76 bits per heavy atom. The number of imidazole rings is 1. The number of rotatable bonds is 8. The highest BCUT2D eigenvalue weighted by Gasteiger charge is 2.23.